The molecule has 1 saturated carbocycles. The van der Waals surface area contributed by atoms with Crippen LogP contribution in [0.3, 0.4) is 0 Å². The number of nitrogens with zero attached hydrogens (tertiary/aromatic N) is 5. The smallest absolute Gasteiger partial charge is 0.224 e. The third-order valence-electron chi connectivity index (χ3n) is 7.35. The number of piperidine rings is 1. The van der Waals surface area contributed by atoms with Crippen LogP contribution < -0.4 is 16.4 Å². The van der Waals surface area contributed by atoms with Gasteiger partial charge in [-0.1, -0.05) is 29.3 Å². The van der Waals surface area contributed by atoms with Crippen molar-refractivity contribution < 1.29 is 13.2 Å². The van der Waals surface area contributed by atoms with Crippen LogP contribution >= 0.6 is 23.2 Å². The zero-order valence-corrected chi connectivity index (χ0v) is 23.2. The molecule has 0 bridgehead atoms. The number of primary amides is 1. The third kappa shape index (κ3) is 5.68. The Morgan fingerprint density at radius 2 is 1.71 bits per heavy atom. The molecule has 14 heteroatoms. The van der Waals surface area contributed by atoms with Crippen LogP contribution in [0.1, 0.15) is 44.6 Å². The van der Waals surface area contributed by atoms with Gasteiger partial charge in [0, 0.05) is 31.1 Å². The van der Waals surface area contributed by atoms with Crippen molar-refractivity contribution in [1.29, 1.82) is 0 Å². The predicted octanol–water partition coefficient (Wildman–Crippen LogP) is 3.93. The molecule has 2 aromatic heterocycles. The van der Waals surface area contributed by atoms with Crippen LogP contribution in [-0.2, 0) is 14.8 Å². The number of halogens is 2. The quantitative estimate of drug-likeness (QED) is 0.380. The molecule has 204 valence electrons. The van der Waals surface area contributed by atoms with Crippen molar-refractivity contribution in [2.45, 2.75) is 50.6 Å². The maximum atomic E-state index is 11.8. The van der Waals surface area contributed by atoms with E-state index in [4.69, 9.17) is 38.9 Å². The Kier molecular flexibility index (Phi) is 7.67. The molecule has 11 nitrogen and oxygen atoms in total. The minimum absolute atomic E-state index is 0.0279. The Balaban J connectivity index is 1.45. The van der Waals surface area contributed by atoms with Crippen molar-refractivity contribution in [3.63, 3.8) is 0 Å². The molecule has 5 rings (SSSR count). The standard InChI is InChI=1S/C24H30Cl2N8O3S/c1-38(36,37)33-11-9-15(10-12-33)29-23-28-13-19-22(32-23)34(16-7-5-14(6-8-16)21(27)35)24(30-19)31-20-17(25)3-2-4-18(20)26/h2-4,13-16H,5-12H2,1H3,(H2,27,35)(H,30,31)(H,28,29,32). The van der Waals surface area contributed by atoms with Gasteiger partial charge in [-0.15, -0.1) is 0 Å². The SMILES string of the molecule is CS(=O)(=O)N1CCC(Nc2ncc3nc(Nc4c(Cl)cccc4Cl)n(C4CCC(C(N)=O)CC4)c3n2)CC1. The van der Waals surface area contributed by atoms with Gasteiger partial charge in [0.15, 0.2) is 5.65 Å². The Morgan fingerprint density at radius 3 is 2.32 bits per heavy atom. The lowest BCUT2D eigenvalue weighted by molar-refractivity contribution is -0.122. The number of benzene rings is 1. The largest absolute Gasteiger partial charge is 0.369 e. The van der Waals surface area contributed by atoms with E-state index in [2.05, 4.69) is 15.6 Å². The molecule has 3 aromatic rings. The lowest BCUT2D eigenvalue weighted by atomic mass is 9.85. The van der Waals surface area contributed by atoms with E-state index in [0.717, 1.165) is 12.8 Å². The van der Waals surface area contributed by atoms with Crippen LogP contribution in [0.4, 0.5) is 17.6 Å². The normalized spacial score (nSPS) is 21.4. The molecule has 1 aliphatic carbocycles. The first-order valence-corrected chi connectivity index (χ1v) is 15.2. The summed E-state index contributed by atoms with van der Waals surface area (Å²) in [6.45, 7) is 0.902. The van der Waals surface area contributed by atoms with Crippen LogP contribution in [0.15, 0.2) is 24.4 Å². The molecule has 4 N–H and O–H groups in total. The van der Waals surface area contributed by atoms with Gasteiger partial charge in [-0.25, -0.2) is 22.7 Å². The van der Waals surface area contributed by atoms with Crippen molar-refractivity contribution in [3.8, 4) is 0 Å². The number of hydrogen-bond donors (Lipinski definition) is 3. The average Bonchev–Trinajstić information content (AvgIpc) is 3.23. The monoisotopic (exact) mass is 580 g/mol. The first-order chi connectivity index (χ1) is 18.1. The van der Waals surface area contributed by atoms with E-state index in [0.29, 0.717) is 77.6 Å². The maximum absolute atomic E-state index is 11.8. The second-order valence-corrected chi connectivity index (χ2v) is 12.7. The number of carbonyl (C=O) groups excluding carboxylic acids is 1. The summed E-state index contributed by atoms with van der Waals surface area (Å²) in [6, 6.07) is 5.34. The van der Waals surface area contributed by atoms with Gasteiger partial charge in [-0.2, -0.15) is 4.98 Å². The highest BCUT2D eigenvalue weighted by Crippen LogP contribution is 2.39. The number of fused-ring (bicyclic) bond motifs is 1. The number of sulfonamides is 1. The summed E-state index contributed by atoms with van der Waals surface area (Å²) < 4.78 is 27.2. The summed E-state index contributed by atoms with van der Waals surface area (Å²) in [5.41, 5.74) is 7.35. The molecule has 1 amide bonds. The number of nitrogens with one attached hydrogen (secondary N) is 2. The van der Waals surface area contributed by atoms with Crippen molar-refractivity contribution in [1.82, 2.24) is 23.8 Å². The molecule has 1 aliphatic heterocycles. The molecule has 2 aliphatic rings. The van der Waals surface area contributed by atoms with E-state index in [1.165, 1.54) is 10.6 Å². The zero-order chi connectivity index (χ0) is 27.0. The molecule has 2 fully saturated rings. The van der Waals surface area contributed by atoms with E-state index in [9.17, 15) is 13.2 Å². The summed E-state index contributed by atoms with van der Waals surface area (Å²) in [4.78, 5) is 25.8. The molecule has 38 heavy (non-hydrogen) atoms. The van der Waals surface area contributed by atoms with Crippen LogP contribution in [0.25, 0.3) is 11.2 Å². The van der Waals surface area contributed by atoms with Crippen molar-refractivity contribution in [2.75, 3.05) is 30.0 Å². The summed E-state index contributed by atoms with van der Waals surface area (Å²) in [5, 5.41) is 7.58. The van der Waals surface area contributed by atoms with Crippen LogP contribution in [-0.4, -0.2) is 63.5 Å². The lowest BCUT2D eigenvalue weighted by Crippen LogP contribution is -2.42. The average molecular weight is 582 g/mol. The van der Waals surface area contributed by atoms with Crippen LogP contribution in [0.5, 0.6) is 0 Å². The van der Waals surface area contributed by atoms with Gasteiger partial charge in [0.2, 0.25) is 27.8 Å². The Bertz CT molecular complexity index is 1430. The number of para-hydroxylation sites is 1. The highest BCUT2D eigenvalue weighted by Gasteiger charge is 2.30. The molecule has 0 atom stereocenters. The fourth-order valence-electron chi connectivity index (χ4n) is 5.26. The number of aromatic nitrogens is 4. The first-order valence-electron chi connectivity index (χ1n) is 12.6. The highest BCUT2D eigenvalue weighted by atomic mass is 35.5. The minimum Gasteiger partial charge on any atom is -0.369 e. The van der Waals surface area contributed by atoms with Crippen molar-refractivity contribution >= 4 is 67.9 Å². The predicted molar refractivity (Wildman–Crippen MR) is 148 cm³/mol. The number of rotatable bonds is 7. The Labute approximate surface area is 231 Å². The van der Waals surface area contributed by atoms with E-state index in [1.54, 1.807) is 24.4 Å². The maximum Gasteiger partial charge on any atom is 0.224 e. The van der Waals surface area contributed by atoms with Crippen LogP contribution in [0.2, 0.25) is 10.0 Å². The number of imidazole rings is 1. The lowest BCUT2D eigenvalue weighted by Gasteiger charge is -2.30. The highest BCUT2D eigenvalue weighted by molar-refractivity contribution is 7.88. The van der Waals surface area contributed by atoms with Gasteiger partial charge >= 0.3 is 0 Å². The van der Waals surface area contributed by atoms with Gasteiger partial charge in [0.25, 0.3) is 0 Å². The van der Waals surface area contributed by atoms with E-state index in [1.807, 2.05) is 4.57 Å². The molecule has 3 heterocycles. The van der Waals surface area contributed by atoms with Crippen LogP contribution in [0, 0.1) is 5.92 Å². The Morgan fingerprint density at radius 1 is 1.05 bits per heavy atom. The summed E-state index contributed by atoms with van der Waals surface area (Å²) in [5.74, 6) is 0.575. The fourth-order valence-corrected chi connectivity index (χ4v) is 6.62. The second kappa shape index (κ2) is 10.8. The number of nitrogens with two attached hydrogens (primary N) is 1. The third-order valence-corrected chi connectivity index (χ3v) is 9.29. The molecular formula is C24H30Cl2N8O3S. The summed E-state index contributed by atoms with van der Waals surface area (Å²) >= 11 is 12.9. The first kappa shape index (κ1) is 26.9. The molecule has 1 aromatic carbocycles. The van der Waals surface area contributed by atoms with Gasteiger partial charge in [0.1, 0.15) is 5.52 Å². The summed E-state index contributed by atoms with van der Waals surface area (Å²) in [7, 11) is -3.20. The van der Waals surface area contributed by atoms with Crippen molar-refractivity contribution in [3.05, 3.63) is 34.4 Å². The number of hydrogen-bond acceptors (Lipinski definition) is 8. The van der Waals surface area contributed by atoms with E-state index >= 15 is 0 Å². The molecule has 0 radical (unpaired) electrons. The fraction of sp³-hybridized carbons (Fsp3) is 0.500. The number of anilines is 3. The minimum atomic E-state index is -3.20. The van der Waals surface area contributed by atoms with Gasteiger partial charge in [-0.3, -0.25) is 9.36 Å². The Hall–Kier alpha value is -2.67. The molecule has 0 unspecified atom stereocenters. The topological polar surface area (TPSA) is 148 Å². The summed E-state index contributed by atoms with van der Waals surface area (Å²) in [6.07, 6.45) is 7.05. The molecule has 1 saturated heterocycles. The van der Waals surface area contributed by atoms with Gasteiger partial charge in [-0.05, 0) is 50.7 Å². The molecule has 0 spiro atoms. The van der Waals surface area contributed by atoms with Gasteiger partial charge < -0.3 is 16.4 Å². The zero-order valence-electron chi connectivity index (χ0n) is 20.9. The molecular weight excluding hydrogens is 551 g/mol. The second-order valence-electron chi connectivity index (χ2n) is 9.92. The van der Waals surface area contributed by atoms with E-state index < -0.39 is 10.0 Å². The number of amides is 1. The van der Waals surface area contributed by atoms with Crippen molar-refractivity contribution in [2.24, 2.45) is 11.7 Å². The van der Waals surface area contributed by atoms with E-state index in [-0.39, 0.29) is 23.9 Å². The number of carbonyl (C=O) groups is 1. The van der Waals surface area contributed by atoms with Gasteiger partial charge in [0.05, 0.1) is 28.2 Å².